The van der Waals surface area contributed by atoms with E-state index in [9.17, 15) is 0 Å². The van der Waals surface area contributed by atoms with E-state index in [0.29, 0.717) is 0 Å². The van der Waals surface area contributed by atoms with Crippen molar-refractivity contribution >= 4 is 0 Å². The highest BCUT2D eigenvalue weighted by atomic mass is 15.1. The summed E-state index contributed by atoms with van der Waals surface area (Å²) in [6.07, 6.45) is 5.71. The first kappa shape index (κ1) is 16.4. The van der Waals surface area contributed by atoms with Gasteiger partial charge in [-0.2, -0.15) is 0 Å². The molecule has 1 unspecified atom stereocenters. The third kappa shape index (κ3) is 6.42. The zero-order chi connectivity index (χ0) is 10.1. The van der Waals surface area contributed by atoms with Crippen LogP contribution in [-0.2, 0) is 0 Å². The molecule has 0 radical (unpaired) electrons. The van der Waals surface area contributed by atoms with E-state index in [1.54, 1.807) is 0 Å². The Morgan fingerprint density at radius 3 is 2.36 bits per heavy atom. The van der Waals surface area contributed by atoms with Crippen molar-refractivity contribution in [1.29, 1.82) is 0 Å². The molecule has 14 heavy (non-hydrogen) atoms. The summed E-state index contributed by atoms with van der Waals surface area (Å²) in [5.41, 5.74) is 0. The van der Waals surface area contributed by atoms with E-state index in [2.05, 4.69) is 18.7 Å². The summed E-state index contributed by atoms with van der Waals surface area (Å²) < 4.78 is 0. The quantitative estimate of drug-likeness (QED) is 0.662. The Bertz CT molecular complexity index is 99.4. The second-order valence-electron chi connectivity index (χ2n) is 3.69. The van der Waals surface area contributed by atoms with E-state index in [-0.39, 0.29) is 7.43 Å². The molecule has 0 aromatic rings. The summed E-state index contributed by atoms with van der Waals surface area (Å²) in [5, 5.41) is 0. The van der Waals surface area contributed by atoms with Crippen LogP contribution in [0.25, 0.3) is 0 Å². The molecular weight excluding hydrogens is 170 g/mol. The molecule has 1 aliphatic rings. The van der Waals surface area contributed by atoms with Gasteiger partial charge in [0.05, 0.1) is 0 Å². The van der Waals surface area contributed by atoms with Gasteiger partial charge in [-0.05, 0) is 38.3 Å². The van der Waals surface area contributed by atoms with Gasteiger partial charge in [0.15, 0.2) is 0 Å². The second kappa shape index (κ2) is 11.0. The largest absolute Gasteiger partial charge is 0.303 e. The summed E-state index contributed by atoms with van der Waals surface area (Å²) in [5.74, 6) is 1.01. The molecule has 0 aliphatic carbocycles. The third-order valence-corrected chi connectivity index (χ3v) is 2.75. The van der Waals surface area contributed by atoms with Crippen LogP contribution in [0, 0.1) is 5.92 Å². The molecule has 0 aromatic heterocycles. The molecule has 1 heteroatoms. The van der Waals surface area contributed by atoms with Gasteiger partial charge in [-0.1, -0.05) is 41.5 Å². The Balaban J connectivity index is 0. The number of likely N-dealkylation sites (tertiary alicyclic amines) is 1. The number of hydrogen-bond donors (Lipinski definition) is 0. The highest BCUT2D eigenvalue weighted by molar-refractivity contribution is 4.71. The summed E-state index contributed by atoms with van der Waals surface area (Å²) in [7, 11) is 0. The van der Waals surface area contributed by atoms with E-state index < -0.39 is 0 Å². The Morgan fingerprint density at radius 2 is 1.86 bits per heavy atom. The Morgan fingerprint density at radius 1 is 1.21 bits per heavy atom. The van der Waals surface area contributed by atoms with Crippen LogP contribution >= 0.6 is 0 Å². The van der Waals surface area contributed by atoms with Gasteiger partial charge in [-0.3, -0.25) is 0 Å². The maximum atomic E-state index is 2.59. The van der Waals surface area contributed by atoms with Gasteiger partial charge in [-0.15, -0.1) is 0 Å². The van der Waals surface area contributed by atoms with Crippen molar-refractivity contribution in [3.63, 3.8) is 0 Å². The van der Waals surface area contributed by atoms with Crippen molar-refractivity contribution in [2.24, 2.45) is 5.92 Å². The van der Waals surface area contributed by atoms with E-state index in [1.807, 2.05) is 13.8 Å². The zero-order valence-electron chi connectivity index (χ0n) is 9.97. The standard InChI is InChI=1S/C10H21N.C2H6.CH4/c1-3-6-10-7-5-8-11(4-2)9-10;1-2;/h10H,3-9H2,1-2H3;1-2H3;1H4. The lowest BCUT2D eigenvalue weighted by Gasteiger charge is -2.31. The molecule has 1 aliphatic heterocycles. The van der Waals surface area contributed by atoms with Crippen LogP contribution in [0.5, 0.6) is 0 Å². The van der Waals surface area contributed by atoms with Gasteiger partial charge < -0.3 is 4.90 Å². The Hall–Kier alpha value is -0.0400. The van der Waals surface area contributed by atoms with Crippen molar-refractivity contribution in [3.8, 4) is 0 Å². The molecule has 1 fully saturated rings. The molecular formula is C13H31N. The highest BCUT2D eigenvalue weighted by Gasteiger charge is 2.16. The van der Waals surface area contributed by atoms with Gasteiger partial charge in [-0.25, -0.2) is 0 Å². The normalized spacial score (nSPS) is 21.9. The molecule has 0 saturated carbocycles. The minimum absolute atomic E-state index is 0. The Kier molecular flexibility index (Phi) is 12.9. The molecule has 1 atom stereocenters. The second-order valence-corrected chi connectivity index (χ2v) is 3.69. The molecule has 1 saturated heterocycles. The van der Waals surface area contributed by atoms with Crippen molar-refractivity contribution in [3.05, 3.63) is 0 Å². The van der Waals surface area contributed by atoms with Crippen molar-refractivity contribution in [1.82, 2.24) is 4.90 Å². The lowest BCUT2D eigenvalue weighted by Crippen LogP contribution is -2.34. The first-order valence-electron chi connectivity index (χ1n) is 6.09. The molecule has 1 heterocycles. The minimum Gasteiger partial charge on any atom is -0.303 e. The zero-order valence-corrected chi connectivity index (χ0v) is 9.97. The fraction of sp³-hybridized carbons (Fsp3) is 1.00. The van der Waals surface area contributed by atoms with E-state index >= 15 is 0 Å². The summed E-state index contributed by atoms with van der Waals surface area (Å²) in [6.45, 7) is 12.5. The third-order valence-electron chi connectivity index (χ3n) is 2.75. The van der Waals surface area contributed by atoms with Crippen molar-refractivity contribution < 1.29 is 0 Å². The fourth-order valence-electron chi connectivity index (χ4n) is 2.08. The molecule has 0 bridgehead atoms. The minimum atomic E-state index is 0. The van der Waals surface area contributed by atoms with Gasteiger partial charge in [0.25, 0.3) is 0 Å². The van der Waals surface area contributed by atoms with Crippen LogP contribution in [0.4, 0.5) is 0 Å². The van der Waals surface area contributed by atoms with Gasteiger partial charge >= 0.3 is 0 Å². The first-order valence-corrected chi connectivity index (χ1v) is 6.09. The predicted molar refractivity (Wildman–Crippen MR) is 67.8 cm³/mol. The van der Waals surface area contributed by atoms with Gasteiger partial charge in [0.1, 0.15) is 0 Å². The van der Waals surface area contributed by atoms with Crippen LogP contribution in [0.15, 0.2) is 0 Å². The molecule has 1 rings (SSSR count). The monoisotopic (exact) mass is 201 g/mol. The van der Waals surface area contributed by atoms with Gasteiger partial charge in [0.2, 0.25) is 0 Å². The first-order chi connectivity index (χ1) is 6.36. The van der Waals surface area contributed by atoms with E-state index in [1.165, 1.54) is 45.3 Å². The average Bonchev–Trinajstić information content (AvgIpc) is 2.22. The molecule has 0 spiro atoms. The molecule has 0 amide bonds. The van der Waals surface area contributed by atoms with Crippen LogP contribution in [0.1, 0.15) is 60.8 Å². The molecule has 0 N–H and O–H groups in total. The van der Waals surface area contributed by atoms with Crippen LogP contribution in [-0.4, -0.2) is 24.5 Å². The van der Waals surface area contributed by atoms with E-state index in [0.717, 1.165) is 5.92 Å². The Labute approximate surface area is 91.9 Å². The lowest BCUT2D eigenvalue weighted by atomic mass is 9.94. The van der Waals surface area contributed by atoms with E-state index in [4.69, 9.17) is 0 Å². The number of nitrogens with zero attached hydrogens (tertiary/aromatic N) is 1. The maximum Gasteiger partial charge on any atom is 0.000955 e. The summed E-state index contributed by atoms with van der Waals surface area (Å²) >= 11 is 0. The number of piperidine rings is 1. The molecule has 1 nitrogen and oxygen atoms in total. The molecule has 88 valence electrons. The maximum absolute atomic E-state index is 2.59. The molecule has 0 aromatic carbocycles. The number of hydrogen-bond acceptors (Lipinski definition) is 1. The highest BCUT2D eigenvalue weighted by Crippen LogP contribution is 2.20. The lowest BCUT2D eigenvalue weighted by molar-refractivity contribution is 0.175. The van der Waals surface area contributed by atoms with Crippen LogP contribution < -0.4 is 0 Å². The van der Waals surface area contributed by atoms with Crippen molar-refractivity contribution in [2.75, 3.05) is 19.6 Å². The average molecular weight is 201 g/mol. The number of rotatable bonds is 3. The summed E-state index contributed by atoms with van der Waals surface area (Å²) in [4.78, 5) is 2.59. The van der Waals surface area contributed by atoms with Crippen molar-refractivity contribution in [2.45, 2.75) is 60.8 Å². The SMILES string of the molecule is C.CC.CCCC1CCCN(CC)C1. The van der Waals surface area contributed by atoms with Crippen LogP contribution in [0.3, 0.4) is 0 Å². The summed E-state index contributed by atoms with van der Waals surface area (Å²) in [6, 6.07) is 0. The topological polar surface area (TPSA) is 3.24 Å². The fourth-order valence-corrected chi connectivity index (χ4v) is 2.08. The smallest absolute Gasteiger partial charge is 0.000955 e. The predicted octanol–water partition coefficient (Wildman–Crippen LogP) is 4.18. The van der Waals surface area contributed by atoms with Gasteiger partial charge in [0, 0.05) is 6.54 Å². The van der Waals surface area contributed by atoms with Crippen LogP contribution in [0.2, 0.25) is 0 Å².